The topological polar surface area (TPSA) is 50.4 Å². The lowest BCUT2D eigenvalue weighted by Crippen LogP contribution is -2.37. The van der Waals surface area contributed by atoms with Crippen molar-refractivity contribution in [2.75, 3.05) is 13.7 Å². The number of urea groups is 1. The van der Waals surface area contributed by atoms with Gasteiger partial charge in [-0.1, -0.05) is 41.9 Å². The third-order valence-electron chi connectivity index (χ3n) is 3.35. The van der Waals surface area contributed by atoms with Crippen LogP contribution < -0.4 is 10.6 Å². The van der Waals surface area contributed by atoms with Crippen molar-refractivity contribution in [1.29, 1.82) is 0 Å². The van der Waals surface area contributed by atoms with E-state index in [0.29, 0.717) is 11.6 Å². The molecule has 23 heavy (non-hydrogen) atoms. The average molecular weight is 337 g/mol. The monoisotopic (exact) mass is 336 g/mol. The second-order valence-electron chi connectivity index (χ2n) is 4.94. The van der Waals surface area contributed by atoms with E-state index in [4.69, 9.17) is 16.3 Å². The van der Waals surface area contributed by atoms with Crippen molar-refractivity contribution in [2.45, 2.75) is 12.6 Å². The molecule has 2 amide bonds. The van der Waals surface area contributed by atoms with Gasteiger partial charge in [-0.3, -0.25) is 0 Å². The Kier molecular flexibility index (Phi) is 6.38. The molecule has 2 aromatic rings. The van der Waals surface area contributed by atoms with Crippen LogP contribution in [0.15, 0.2) is 48.5 Å². The van der Waals surface area contributed by atoms with Crippen LogP contribution in [-0.2, 0) is 11.3 Å². The molecule has 1 atom stereocenters. The number of benzene rings is 2. The van der Waals surface area contributed by atoms with Crippen LogP contribution in [-0.4, -0.2) is 19.7 Å². The summed E-state index contributed by atoms with van der Waals surface area (Å²) in [5.74, 6) is -0.305. The molecule has 0 spiro atoms. The highest BCUT2D eigenvalue weighted by Crippen LogP contribution is 2.24. The van der Waals surface area contributed by atoms with E-state index >= 15 is 0 Å². The average Bonchev–Trinajstić information content (AvgIpc) is 2.56. The van der Waals surface area contributed by atoms with Crippen molar-refractivity contribution in [2.24, 2.45) is 0 Å². The second-order valence-corrected chi connectivity index (χ2v) is 5.34. The van der Waals surface area contributed by atoms with Crippen molar-refractivity contribution in [3.63, 3.8) is 0 Å². The van der Waals surface area contributed by atoms with Crippen LogP contribution in [0.2, 0.25) is 5.02 Å². The van der Waals surface area contributed by atoms with E-state index in [1.54, 1.807) is 25.3 Å². The van der Waals surface area contributed by atoms with Crippen molar-refractivity contribution in [1.82, 2.24) is 10.6 Å². The Morgan fingerprint density at radius 1 is 1.17 bits per heavy atom. The number of methoxy groups -OCH3 is 1. The number of hydrogen-bond donors (Lipinski definition) is 2. The Bertz CT molecular complexity index is 649. The highest BCUT2D eigenvalue weighted by molar-refractivity contribution is 6.31. The zero-order valence-corrected chi connectivity index (χ0v) is 13.4. The van der Waals surface area contributed by atoms with E-state index in [0.717, 1.165) is 11.1 Å². The molecule has 0 bridgehead atoms. The smallest absolute Gasteiger partial charge is 0.315 e. The van der Waals surface area contributed by atoms with Gasteiger partial charge in [0.25, 0.3) is 0 Å². The minimum Gasteiger partial charge on any atom is -0.375 e. The number of rotatable bonds is 6. The van der Waals surface area contributed by atoms with Gasteiger partial charge in [-0.25, -0.2) is 9.18 Å². The first kappa shape index (κ1) is 17.2. The molecular weight excluding hydrogens is 319 g/mol. The van der Waals surface area contributed by atoms with Crippen LogP contribution in [0.1, 0.15) is 17.2 Å². The van der Waals surface area contributed by atoms with Gasteiger partial charge in [0.15, 0.2) is 0 Å². The first-order valence-corrected chi connectivity index (χ1v) is 7.51. The minimum absolute atomic E-state index is 0.287. The number of carbonyl (C=O) groups is 1. The molecule has 0 heterocycles. The lowest BCUT2D eigenvalue weighted by Gasteiger charge is -2.18. The highest BCUT2D eigenvalue weighted by Gasteiger charge is 2.14. The zero-order chi connectivity index (χ0) is 16.7. The van der Waals surface area contributed by atoms with Gasteiger partial charge < -0.3 is 15.4 Å². The Hall–Kier alpha value is -2.11. The quantitative estimate of drug-likeness (QED) is 0.845. The van der Waals surface area contributed by atoms with Gasteiger partial charge >= 0.3 is 6.03 Å². The summed E-state index contributed by atoms with van der Waals surface area (Å²) in [7, 11) is 1.56. The molecule has 2 N–H and O–H groups in total. The molecule has 0 aliphatic rings. The number of ether oxygens (including phenoxy) is 1. The Morgan fingerprint density at radius 2 is 1.87 bits per heavy atom. The van der Waals surface area contributed by atoms with Crippen LogP contribution in [0.3, 0.4) is 0 Å². The predicted molar refractivity (Wildman–Crippen MR) is 87.8 cm³/mol. The van der Waals surface area contributed by atoms with E-state index in [-0.39, 0.29) is 24.5 Å². The molecule has 0 fully saturated rings. The zero-order valence-electron chi connectivity index (χ0n) is 12.7. The molecule has 122 valence electrons. The van der Waals surface area contributed by atoms with Gasteiger partial charge in [0.1, 0.15) is 11.9 Å². The Morgan fingerprint density at radius 3 is 2.52 bits per heavy atom. The van der Waals surface area contributed by atoms with Crippen molar-refractivity contribution < 1.29 is 13.9 Å². The molecule has 2 rings (SSSR count). The molecule has 4 nitrogen and oxygen atoms in total. The largest absolute Gasteiger partial charge is 0.375 e. The normalized spacial score (nSPS) is 11.8. The lowest BCUT2D eigenvalue weighted by atomic mass is 10.1. The molecule has 0 aliphatic carbocycles. The molecule has 0 radical (unpaired) electrons. The SMILES string of the molecule is COC(CNC(=O)NCc1ccc(F)cc1)c1ccccc1Cl. The van der Waals surface area contributed by atoms with Crippen molar-refractivity contribution in [3.8, 4) is 0 Å². The number of amides is 2. The Labute approximate surface area is 139 Å². The molecule has 6 heteroatoms. The molecule has 2 aromatic carbocycles. The molecule has 0 aromatic heterocycles. The fourth-order valence-electron chi connectivity index (χ4n) is 2.09. The van der Waals surface area contributed by atoms with E-state index in [1.807, 2.05) is 18.2 Å². The lowest BCUT2D eigenvalue weighted by molar-refractivity contribution is 0.104. The predicted octanol–water partition coefficient (Wildman–Crippen LogP) is 3.67. The maximum atomic E-state index is 12.8. The first-order chi connectivity index (χ1) is 11.1. The van der Waals surface area contributed by atoms with E-state index in [1.165, 1.54) is 12.1 Å². The van der Waals surface area contributed by atoms with Crippen LogP contribution in [0.5, 0.6) is 0 Å². The molecule has 0 saturated carbocycles. The highest BCUT2D eigenvalue weighted by atomic mass is 35.5. The van der Waals surface area contributed by atoms with Gasteiger partial charge in [0.05, 0.1) is 0 Å². The van der Waals surface area contributed by atoms with E-state index in [9.17, 15) is 9.18 Å². The minimum atomic E-state index is -0.333. The molecular formula is C17H18ClFN2O2. The fraction of sp³-hybridized carbons (Fsp3) is 0.235. The fourth-order valence-corrected chi connectivity index (χ4v) is 2.35. The summed E-state index contributed by atoms with van der Waals surface area (Å²) >= 11 is 6.13. The van der Waals surface area contributed by atoms with E-state index in [2.05, 4.69) is 10.6 Å². The summed E-state index contributed by atoms with van der Waals surface area (Å²) in [6, 6.07) is 13.0. The number of carbonyl (C=O) groups excluding carboxylic acids is 1. The Balaban J connectivity index is 1.83. The molecule has 1 unspecified atom stereocenters. The second kappa shape index (κ2) is 8.50. The molecule has 0 aliphatic heterocycles. The van der Waals surface area contributed by atoms with Gasteiger partial charge in [0.2, 0.25) is 0 Å². The summed E-state index contributed by atoms with van der Waals surface area (Å²) in [5.41, 5.74) is 1.63. The van der Waals surface area contributed by atoms with Gasteiger partial charge in [-0.05, 0) is 23.8 Å². The first-order valence-electron chi connectivity index (χ1n) is 7.13. The van der Waals surface area contributed by atoms with Crippen molar-refractivity contribution >= 4 is 17.6 Å². The van der Waals surface area contributed by atoms with Gasteiger partial charge in [-0.15, -0.1) is 0 Å². The van der Waals surface area contributed by atoms with Crippen molar-refractivity contribution in [3.05, 3.63) is 70.5 Å². The van der Waals surface area contributed by atoms with Gasteiger partial charge in [-0.2, -0.15) is 0 Å². The van der Waals surface area contributed by atoms with Crippen LogP contribution in [0, 0.1) is 5.82 Å². The number of hydrogen-bond acceptors (Lipinski definition) is 2. The standard InChI is InChI=1S/C17H18ClFN2O2/c1-23-16(14-4-2-3-5-15(14)18)11-21-17(22)20-10-12-6-8-13(19)9-7-12/h2-9,16H,10-11H2,1H3,(H2,20,21,22). The maximum Gasteiger partial charge on any atom is 0.315 e. The molecule has 0 saturated heterocycles. The maximum absolute atomic E-state index is 12.8. The van der Waals surface area contributed by atoms with Crippen LogP contribution >= 0.6 is 11.6 Å². The number of nitrogens with one attached hydrogen (secondary N) is 2. The van der Waals surface area contributed by atoms with Crippen LogP contribution in [0.25, 0.3) is 0 Å². The summed E-state index contributed by atoms with van der Waals surface area (Å²) in [4.78, 5) is 11.8. The van der Waals surface area contributed by atoms with E-state index < -0.39 is 0 Å². The summed E-state index contributed by atoms with van der Waals surface area (Å²) in [5, 5.41) is 6.03. The third kappa shape index (κ3) is 5.23. The summed E-state index contributed by atoms with van der Waals surface area (Å²) in [6.07, 6.45) is -0.333. The summed E-state index contributed by atoms with van der Waals surface area (Å²) in [6.45, 7) is 0.603. The van der Waals surface area contributed by atoms with Gasteiger partial charge in [0, 0.05) is 30.8 Å². The number of halogens is 2. The summed E-state index contributed by atoms with van der Waals surface area (Å²) < 4.78 is 18.2. The van der Waals surface area contributed by atoms with Crippen LogP contribution in [0.4, 0.5) is 9.18 Å². The third-order valence-corrected chi connectivity index (χ3v) is 3.70.